The molecule has 0 unspecified atom stereocenters. The molecule has 0 saturated carbocycles. The summed E-state index contributed by atoms with van der Waals surface area (Å²) in [5.41, 5.74) is 0.659. The Hall–Kier alpha value is -3.50. The van der Waals surface area contributed by atoms with Crippen LogP contribution in [0.4, 0.5) is 0 Å². The molecule has 0 radical (unpaired) electrons. The van der Waals surface area contributed by atoms with Crippen molar-refractivity contribution in [1.82, 2.24) is 5.01 Å². The van der Waals surface area contributed by atoms with Crippen molar-refractivity contribution in [2.75, 3.05) is 27.4 Å². The van der Waals surface area contributed by atoms with Gasteiger partial charge in [0.05, 0.1) is 24.8 Å². The zero-order chi connectivity index (χ0) is 25.8. The van der Waals surface area contributed by atoms with E-state index >= 15 is 0 Å². The third kappa shape index (κ3) is 5.34. The van der Waals surface area contributed by atoms with Crippen LogP contribution in [-0.4, -0.2) is 54.4 Å². The molecule has 0 aromatic heterocycles. The number of amidine groups is 2. The number of hydrogen-bond acceptors (Lipinski definition) is 8. The van der Waals surface area contributed by atoms with E-state index in [-0.39, 0.29) is 35.6 Å². The van der Waals surface area contributed by atoms with Crippen LogP contribution in [0.2, 0.25) is 5.02 Å². The third-order valence-electron chi connectivity index (χ3n) is 5.18. The van der Waals surface area contributed by atoms with Gasteiger partial charge >= 0.3 is 0 Å². The molecule has 2 aromatic carbocycles. The van der Waals surface area contributed by atoms with E-state index in [1.807, 2.05) is 38.1 Å². The molecule has 0 bridgehead atoms. The molecule has 0 aliphatic carbocycles. The fraction of sp³-hybridized carbons (Fsp3) is 0.280. The Morgan fingerprint density at radius 3 is 2.47 bits per heavy atom. The minimum atomic E-state index is -0.511. The number of carbonyl (C=O) groups is 1. The van der Waals surface area contributed by atoms with Crippen molar-refractivity contribution in [3.05, 3.63) is 52.6 Å². The normalized spacial score (nSPS) is 16.2. The van der Waals surface area contributed by atoms with Crippen molar-refractivity contribution in [2.45, 2.75) is 13.8 Å². The summed E-state index contributed by atoms with van der Waals surface area (Å²) >= 11 is 7.79. The predicted octanol–water partition coefficient (Wildman–Crippen LogP) is 5.09. The molecule has 0 fully saturated rings. The smallest absolute Gasteiger partial charge is 0.283 e. The van der Waals surface area contributed by atoms with Crippen LogP contribution in [0.15, 0.2) is 52.1 Å². The van der Waals surface area contributed by atoms with Gasteiger partial charge in [0.1, 0.15) is 18.3 Å². The zero-order valence-corrected chi connectivity index (χ0v) is 21.8. The maximum Gasteiger partial charge on any atom is 0.283 e. The van der Waals surface area contributed by atoms with Crippen molar-refractivity contribution in [2.24, 2.45) is 16.0 Å². The Bertz CT molecular complexity index is 1290. The van der Waals surface area contributed by atoms with Crippen molar-refractivity contribution in [3.63, 3.8) is 0 Å². The van der Waals surface area contributed by atoms with E-state index < -0.39 is 5.91 Å². The maximum absolute atomic E-state index is 12.7. The second-order valence-electron chi connectivity index (χ2n) is 7.99. The molecule has 36 heavy (non-hydrogen) atoms. The van der Waals surface area contributed by atoms with Gasteiger partial charge in [-0.05, 0) is 47.7 Å². The molecule has 11 heteroatoms. The largest absolute Gasteiger partial charge is 0.493 e. The lowest BCUT2D eigenvalue weighted by molar-refractivity contribution is -0.114. The summed E-state index contributed by atoms with van der Waals surface area (Å²) in [6.07, 6.45) is 1.54. The predicted molar refractivity (Wildman–Crippen MR) is 142 cm³/mol. The number of hydrazone groups is 1. The fourth-order valence-electron chi connectivity index (χ4n) is 3.40. The lowest BCUT2D eigenvalue weighted by Gasteiger charge is -2.20. The van der Waals surface area contributed by atoms with Crippen LogP contribution in [0.5, 0.6) is 23.0 Å². The summed E-state index contributed by atoms with van der Waals surface area (Å²) in [6, 6.07) is 10.6. The number of amides is 1. The van der Waals surface area contributed by atoms with Crippen molar-refractivity contribution in [3.8, 4) is 23.0 Å². The molecule has 188 valence electrons. The molecule has 1 N–H and O–H groups in total. The van der Waals surface area contributed by atoms with Crippen LogP contribution in [0, 0.1) is 11.3 Å². The number of benzene rings is 2. The monoisotopic (exact) mass is 528 g/mol. The first kappa shape index (κ1) is 25.6. The minimum Gasteiger partial charge on any atom is -0.493 e. The van der Waals surface area contributed by atoms with E-state index in [2.05, 4.69) is 10.1 Å². The summed E-state index contributed by atoms with van der Waals surface area (Å²) in [7, 11) is 3.07. The summed E-state index contributed by atoms with van der Waals surface area (Å²) in [5.74, 6) is 1.56. The molecular weight excluding hydrogens is 504 g/mol. The number of ether oxygens (including phenoxy) is 4. The summed E-state index contributed by atoms with van der Waals surface area (Å²) < 4.78 is 22.3. The molecule has 2 aromatic rings. The van der Waals surface area contributed by atoms with Gasteiger partial charge in [-0.3, -0.25) is 10.2 Å². The molecule has 4 rings (SSSR count). The van der Waals surface area contributed by atoms with Crippen LogP contribution < -0.4 is 18.9 Å². The third-order valence-corrected chi connectivity index (χ3v) is 6.67. The second-order valence-corrected chi connectivity index (χ2v) is 9.39. The molecule has 0 saturated heterocycles. The van der Waals surface area contributed by atoms with Gasteiger partial charge in [0, 0.05) is 5.92 Å². The number of carbonyl (C=O) groups excluding carboxylic acids is 1. The van der Waals surface area contributed by atoms with Gasteiger partial charge in [-0.15, -0.1) is 0 Å². The Kier molecular flexibility index (Phi) is 7.85. The Morgan fingerprint density at radius 2 is 1.78 bits per heavy atom. The highest BCUT2D eigenvalue weighted by molar-refractivity contribution is 8.27. The van der Waals surface area contributed by atoms with E-state index in [1.54, 1.807) is 25.3 Å². The Morgan fingerprint density at radius 1 is 1.08 bits per heavy atom. The minimum absolute atomic E-state index is 0.0444. The number of thioether (sulfide) groups is 1. The van der Waals surface area contributed by atoms with Gasteiger partial charge in [-0.1, -0.05) is 37.6 Å². The first-order valence-electron chi connectivity index (χ1n) is 11.1. The number of halogens is 1. The second kappa shape index (κ2) is 11.0. The molecular formula is C25H25ClN4O5S. The van der Waals surface area contributed by atoms with Crippen LogP contribution in [0.3, 0.4) is 0 Å². The van der Waals surface area contributed by atoms with Gasteiger partial charge in [0.25, 0.3) is 5.91 Å². The number of nitrogens with one attached hydrogen (secondary N) is 1. The topological polar surface area (TPSA) is 106 Å². The van der Waals surface area contributed by atoms with Gasteiger partial charge in [-0.2, -0.15) is 15.1 Å². The van der Waals surface area contributed by atoms with E-state index in [9.17, 15) is 4.79 Å². The van der Waals surface area contributed by atoms with Crippen molar-refractivity contribution < 1.29 is 23.7 Å². The molecule has 0 spiro atoms. The van der Waals surface area contributed by atoms with Gasteiger partial charge < -0.3 is 18.9 Å². The number of aliphatic imine (C=N–C) groups is 1. The molecule has 9 nitrogen and oxygen atoms in total. The first-order chi connectivity index (χ1) is 17.3. The van der Waals surface area contributed by atoms with E-state index in [0.29, 0.717) is 33.7 Å². The van der Waals surface area contributed by atoms with Crippen molar-refractivity contribution in [1.29, 1.82) is 5.41 Å². The Balaban J connectivity index is 1.49. The van der Waals surface area contributed by atoms with E-state index in [0.717, 1.165) is 5.04 Å². The molecule has 0 atom stereocenters. The molecule has 1 amide bonds. The first-order valence-corrected chi connectivity index (χ1v) is 12.3. The van der Waals surface area contributed by atoms with E-state index in [1.165, 1.54) is 23.9 Å². The summed E-state index contributed by atoms with van der Waals surface area (Å²) in [5, 5.41) is 15.8. The fourth-order valence-corrected chi connectivity index (χ4v) is 4.57. The molecule has 2 aliphatic rings. The molecule has 2 heterocycles. The van der Waals surface area contributed by atoms with Gasteiger partial charge in [-0.25, -0.2) is 0 Å². The van der Waals surface area contributed by atoms with Crippen LogP contribution in [-0.2, 0) is 4.79 Å². The van der Waals surface area contributed by atoms with Gasteiger partial charge in [0.15, 0.2) is 28.8 Å². The maximum atomic E-state index is 12.7. The standard InChI is InChI=1S/C25H25ClN4O5S/c1-14(2)24-29-30-22(27)16(23(31)28-25(30)36-24)11-15-12-17(26)21(20(13-15)33-4)35-10-9-34-19-8-6-5-7-18(19)32-3/h5-8,11-14,27H,9-10H2,1-4H3. The summed E-state index contributed by atoms with van der Waals surface area (Å²) in [4.78, 5) is 16.8. The summed E-state index contributed by atoms with van der Waals surface area (Å²) in [6.45, 7) is 4.45. The highest BCUT2D eigenvalue weighted by atomic mass is 35.5. The SMILES string of the molecule is COc1ccccc1OCCOc1c(Cl)cc(C=C2C(=N)N3N=C(C(C)C)SC3=NC2=O)cc1OC. The highest BCUT2D eigenvalue weighted by Crippen LogP contribution is 2.38. The van der Waals surface area contributed by atoms with Gasteiger partial charge in [0.2, 0.25) is 5.17 Å². The number of nitrogens with zero attached hydrogens (tertiary/aromatic N) is 3. The quantitative estimate of drug-likeness (QED) is 0.357. The number of hydrogen-bond donors (Lipinski definition) is 1. The number of methoxy groups -OCH3 is 2. The highest BCUT2D eigenvalue weighted by Gasteiger charge is 2.36. The average molecular weight is 529 g/mol. The van der Waals surface area contributed by atoms with Crippen LogP contribution >= 0.6 is 23.4 Å². The number of para-hydroxylation sites is 2. The Labute approximate surface area is 218 Å². The lowest BCUT2D eigenvalue weighted by Crippen LogP contribution is -2.35. The molecule has 2 aliphatic heterocycles. The van der Waals surface area contributed by atoms with Crippen LogP contribution in [0.1, 0.15) is 19.4 Å². The average Bonchev–Trinajstić information content (AvgIpc) is 3.30. The lowest BCUT2D eigenvalue weighted by atomic mass is 10.1. The van der Waals surface area contributed by atoms with Crippen molar-refractivity contribution >= 4 is 51.4 Å². The number of rotatable bonds is 9. The number of fused-ring (bicyclic) bond motifs is 1. The van der Waals surface area contributed by atoms with Crippen LogP contribution in [0.25, 0.3) is 6.08 Å². The van der Waals surface area contributed by atoms with E-state index in [4.69, 9.17) is 36.0 Å². The zero-order valence-electron chi connectivity index (χ0n) is 20.2.